The number of halogens is 4. The SMILES string of the molecule is Cc1ncsc1-c1ccc([C@H](C)NC(=O)[C@@H]2C[C@@H](OC(=O)CCCCn3cc(CNC(=O)CC[C@H](NC(=O)c4ccc(NCc5cnc6nc(N)[nH]c(=O)c6n5)cc4)C(=O)O)nn3)CN2C(=O)[C@@H](NC(=O)CCCCCCCCCCNCCCONC(=O)c2ccc(F)c(F)c2Nc2ccc(I)cc2F)C(C)(C)C)cc1. The molecule has 12 N–H and O–H groups in total. The average molecular weight is 1680 g/mol. The molecule has 1 aliphatic rings. The summed E-state index contributed by atoms with van der Waals surface area (Å²) in [6.45, 7) is 11.3. The van der Waals surface area contributed by atoms with Crippen LogP contribution in [0.25, 0.3) is 21.6 Å². The van der Waals surface area contributed by atoms with Gasteiger partial charge in [-0.25, -0.2) is 38.4 Å². The van der Waals surface area contributed by atoms with Crippen molar-refractivity contribution >= 4 is 115 Å². The molecule has 1 saturated heterocycles. The quantitative estimate of drug-likeness (QED) is 0.00733. The summed E-state index contributed by atoms with van der Waals surface area (Å²) in [5, 5.41) is 38.4. The number of amides is 6. The molecule has 5 atom stereocenters. The number of H-pyrrole nitrogens is 1. The lowest BCUT2D eigenvalue weighted by Crippen LogP contribution is -2.57. The molecule has 30 nitrogen and oxygen atoms in total. The van der Waals surface area contributed by atoms with Crippen LogP contribution in [0.1, 0.15) is 180 Å². The van der Waals surface area contributed by atoms with Gasteiger partial charge in [-0.1, -0.05) is 88.8 Å². The molecule has 35 heteroatoms. The number of carboxylic acid groups (broad SMARTS) is 1. The number of hydrogen-bond donors (Lipinski definition) is 11. The Bertz CT molecular complexity index is 4640. The van der Waals surface area contributed by atoms with E-state index in [2.05, 4.69) is 77.9 Å². The van der Waals surface area contributed by atoms with Gasteiger partial charge in [0.15, 0.2) is 22.8 Å². The summed E-state index contributed by atoms with van der Waals surface area (Å²) < 4.78 is 51.6. The number of carboxylic acids is 1. The summed E-state index contributed by atoms with van der Waals surface area (Å²) in [5.41, 5.74) is 11.9. The number of hydroxylamine groups is 1. The van der Waals surface area contributed by atoms with Crippen LogP contribution in [-0.4, -0.2) is 148 Å². The minimum atomic E-state index is -1.38. The number of esters is 1. The van der Waals surface area contributed by atoms with Crippen molar-refractivity contribution in [3.05, 3.63) is 162 Å². The second-order valence-corrected chi connectivity index (χ2v) is 30.5. The zero-order chi connectivity index (χ0) is 80.4. The molecule has 4 aromatic carbocycles. The molecule has 0 radical (unpaired) electrons. The van der Waals surface area contributed by atoms with Gasteiger partial charge in [-0.3, -0.25) is 52.9 Å². The lowest BCUT2D eigenvalue weighted by Gasteiger charge is -2.35. The molecule has 0 unspecified atom stereocenters. The number of carbonyl (C=O) groups is 8. The summed E-state index contributed by atoms with van der Waals surface area (Å²) in [6, 6.07) is 16.2. The summed E-state index contributed by atoms with van der Waals surface area (Å²) in [7, 11) is 0. The van der Waals surface area contributed by atoms with E-state index in [0.29, 0.717) is 59.4 Å². The number of likely N-dealkylation sites (tertiary alicyclic amines) is 1. The number of anilines is 4. The Morgan fingerprint density at radius 3 is 2.22 bits per heavy atom. The Balaban J connectivity index is 0.662. The van der Waals surface area contributed by atoms with Crippen LogP contribution in [-0.2, 0) is 58.0 Å². The lowest BCUT2D eigenvalue weighted by atomic mass is 9.85. The predicted molar refractivity (Wildman–Crippen MR) is 421 cm³/mol. The van der Waals surface area contributed by atoms with Gasteiger partial charge >= 0.3 is 11.9 Å². The van der Waals surface area contributed by atoms with Gasteiger partial charge in [0.2, 0.25) is 29.6 Å². The third-order valence-electron chi connectivity index (χ3n) is 18.6. The zero-order valence-corrected chi connectivity index (χ0v) is 65.9. The van der Waals surface area contributed by atoms with Crippen LogP contribution >= 0.6 is 33.9 Å². The largest absolute Gasteiger partial charge is 0.480 e. The van der Waals surface area contributed by atoms with E-state index in [9.17, 15) is 61.4 Å². The number of aliphatic carboxylic acids is 1. The van der Waals surface area contributed by atoms with Crippen molar-refractivity contribution in [2.45, 2.75) is 187 Å². The number of fused-ring (bicyclic) bond motifs is 1. The van der Waals surface area contributed by atoms with Crippen molar-refractivity contribution in [3.8, 4) is 10.4 Å². The van der Waals surface area contributed by atoms with Gasteiger partial charge in [0, 0.05) is 47.0 Å². The van der Waals surface area contributed by atoms with Crippen molar-refractivity contribution in [1.29, 1.82) is 0 Å². The number of ether oxygens (including phenoxy) is 1. The molecule has 0 bridgehead atoms. The van der Waals surface area contributed by atoms with Crippen molar-refractivity contribution in [1.82, 2.24) is 76.9 Å². The molecular formula is C77H94F3IN18O12S. The van der Waals surface area contributed by atoms with Gasteiger partial charge < -0.3 is 57.7 Å². The van der Waals surface area contributed by atoms with Crippen LogP contribution in [0.5, 0.6) is 0 Å². The molecule has 0 spiro atoms. The monoisotopic (exact) mass is 1680 g/mol. The molecule has 4 aromatic heterocycles. The number of nitrogens with zero attached hydrogens (tertiary/aromatic N) is 8. The molecule has 8 aromatic rings. The van der Waals surface area contributed by atoms with Gasteiger partial charge in [-0.05, 0) is 159 Å². The van der Waals surface area contributed by atoms with Crippen molar-refractivity contribution in [2.24, 2.45) is 5.41 Å². The maximum atomic E-state index is 14.9. The second-order valence-electron chi connectivity index (χ2n) is 28.4. The van der Waals surface area contributed by atoms with E-state index < -0.39 is 106 Å². The summed E-state index contributed by atoms with van der Waals surface area (Å²) >= 11 is 3.45. The molecule has 0 aliphatic carbocycles. The number of aryl methyl sites for hydroxylation is 2. The molecule has 112 heavy (non-hydrogen) atoms. The van der Waals surface area contributed by atoms with Gasteiger partial charge in [-0.2, -0.15) is 4.98 Å². The number of aromatic amines is 1. The molecule has 9 rings (SSSR count). The number of nitrogen functional groups attached to an aromatic ring is 1. The van der Waals surface area contributed by atoms with Gasteiger partial charge in [0.25, 0.3) is 17.4 Å². The fourth-order valence-corrected chi connectivity index (χ4v) is 13.7. The van der Waals surface area contributed by atoms with E-state index in [1.54, 1.807) is 34.6 Å². The maximum Gasteiger partial charge on any atom is 0.326 e. The van der Waals surface area contributed by atoms with Gasteiger partial charge in [0.05, 0.1) is 83.4 Å². The number of nitrogens with one attached hydrogen (secondary N) is 9. The summed E-state index contributed by atoms with van der Waals surface area (Å²) in [6.07, 6.45) is 10.9. The van der Waals surface area contributed by atoms with Crippen molar-refractivity contribution in [3.63, 3.8) is 0 Å². The fourth-order valence-electron chi connectivity index (χ4n) is 12.4. The predicted octanol–water partition coefficient (Wildman–Crippen LogP) is 9.92. The molecule has 5 heterocycles. The highest BCUT2D eigenvalue weighted by Crippen LogP contribution is 2.33. The number of aromatic nitrogens is 8. The third kappa shape index (κ3) is 25.5. The highest BCUT2D eigenvalue weighted by Gasteiger charge is 2.46. The minimum absolute atomic E-state index is 0.0150. The summed E-state index contributed by atoms with van der Waals surface area (Å²) in [5.74, 6) is -8.36. The Morgan fingerprint density at radius 1 is 0.786 bits per heavy atom. The first-order valence-electron chi connectivity index (χ1n) is 37.2. The number of rotatable bonds is 42. The van der Waals surface area contributed by atoms with E-state index in [1.165, 1.54) is 46.7 Å². The molecule has 6 amide bonds. The van der Waals surface area contributed by atoms with Gasteiger partial charge in [-0.15, -0.1) is 16.4 Å². The first-order valence-corrected chi connectivity index (χ1v) is 39.1. The normalized spacial score (nSPS) is 14.2. The molecular weight excluding hydrogens is 1580 g/mol. The van der Waals surface area contributed by atoms with Crippen LogP contribution < -0.4 is 54.0 Å². The number of hydrogen-bond acceptors (Lipinski definition) is 22. The molecule has 1 aliphatic heterocycles. The number of carbonyl (C=O) groups excluding carboxylic acids is 7. The first-order chi connectivity index (χ1) is 53.7. The maximum absolute atomic E-state index is 14.9. The molecule has 598 valence electrons. The highest BCUT2D eigenvalue weighted by atomic mass is 127. The van der Waals surface area contributed by atoms with Crippen LogP contribution in [0.2, 0.25) is 0 Å². The van der Waals surface area contributed by atoms with Crippen LogP contribution in [0.15, 0.2) is 102 Å². The summed E-state index contributed by atoms with van der Waals surface area (Å²) in [4.78, 5) is 147. The Hall–Kier alpha value is -10.5. The average Bonchev–Trinajstić information content (AvgIpc) is 1.60. The highest BCUT2D eigenvalue weighted by molar-refractivity contribution is 14.1. The van der Waals surface area contributed by atoms with E-state index in [1.807, 2.05) is 81.5 Å². The van der Waals surface area contributed by atoms with Gasteiger partial charge in [0.1, 0.15) is 35.7 Å². The van der Waals surface area contributed by atoms with E-state index in [4.69, 9.17) is 15.3 Å². The second kappa shape index (κ2) is 41.7. The van der Waals surface area contributed by atoms with Crippen LogP contribution in [0.3, 0.4) is 0 Å². The number of benzene rings is 4. The van der Waals surface area contributed by atoms with E-state index >= 15 is 0 Å². The lowest BCUT2D eigenvalue weighted by molar-refractivity contribution is -0.150. The Labute approximate surface area is 662 Å². The molecule has 0 saturated carbocycles. The Morgan fingerprint density at radius 2 is 1.51 bits per heavy atom. The number of nitrogens with two attached hydrogens (primary N) is 1. The van der Waals surface area contributed by atoms with Crippen LogP contribution in [0, 0.1) is 33.4 Å². The topological polar surface area (TPSA) is 416 Å². The van der Waals surface area contributed by atoms with Crippen molar-refractivity contribution < 1.29 is 66.2 Å². The van der Waals surface area contributed by atoms with Crippen molar-refractivity contribution in [2.75, 3.05) is 42.6 Å². The first kappa shape index (κ1) is 85.5. The zero-order valence-electron chi connectivity index (χ0n) is 62.9. The molecule has 1 fully saturated rings. The van der Waals surface area contributed by atoms with E-state index in [-0.39, 0.29) is 98.2 Å². The standard InChI is InChI=1S/C77H94F3IN18O12S/c1-45(47-19-21-48(22-20-47)67-46(2)87-44-112-67)88-72(105)60-38-54(111-63(102)18-13-15-35-98-42-53(95-97-98)41-85-61(100)32-31-59(75(108)109)91-70(103)49-23-26-51(27-24-49)84-39-52-40-86-69-66(89-52)73(106)94-76(82)93-69)43-99(60)74(107)68(77(3,4)5)92-62(101)17-12-10-8-6-7-9-11-14-33-83-34-16-36-110-96-71(104)55-28-29-56(78)64(80)65(55)90-58-30-25-50(81)37-57(58)79/h19-30,37,40,42,44-45,54,59-60,68,83-84,90H,6-18,31-36,38-39,41,43H2,1-5H3,(H,85,100)(H,88,105)(H,91,103)(H,92,101)(H,96,104)(H,108,109)(H3,82,86,93,94,106)/t45-,54+,59-,60-,68+/m0/s1. The van der Waals surface area contributed by atoms with Crippen LogP contribution in [0.4, 0.5) is 36.2 Å². The number of thiazole rings is 1. The Kier molecular flexibility index (Phi) is 31.8. The minimum Gasteiger partial charge on any atom is -0.480 e. The smallest absolute Gasteiger partial charge is 0.326 e. The third-order valence-corrected chi connectivity index (χ3v) is 20.2. The van der Waals surface area contributed by atoms with E-state index in [0.717, 1.165) is 85.3 Å². The number of unbranched alkanes of at least 4 members (excludes halogenated alkanes) is 8. The fraction of sp³-hybridized carbons (Fsp3) is 0.442.